The first-order valence-electron chi connectivity index (χ1n) is 4.72. The molecule has 1 aromatic heterocycles. The summed E-state index contributed by atoms with van der Waals surface area (Å²) in [4.78, 5) is 0. The minimum Gasteiger partial charge on any atom is -0.391 e. The molecule has 1 rings (SSSR count). The third-order valence-electron chi connectivity index (χ3n) is 2.20. The van der Waals surface area contributed by atoms with Crippen molar-refractivity contribution in [1.29, 1.82) is 0 Å². The van der Waals surface area contributed by atoms with Gasteiger partial charge in [-0.2, -0.15) is 5.10 Å². The Bertz CT molecular complexity index is 276. The highest BCUT2D eigenvalue weighted by molar-refractivity contribution is 5.19. The second kappa shape index (κ2) is 3.92. The normalized spacial score (nSPS) is 13.7. The monoisotopic (exact) mass is 182 g/mol. The molecule has 0 spiro atoms. The van der Waals surface area contributed by atoms with Gasteiger partial charge in [-0.1, -0.05) is 13.8 Å². The summed E-state index contributed by atoms with van der Waals surface area (Å²) in [6.07, 6.45) is 1.56. The van der Waals surface area contributed by atoms with Gasteiger partial charge >= 0.3 is 0 Å². The Morgan fingerprint density at radius 3 is 2.46 bits per heavy atom. The van der Waals surface area contributed by atoms with Crippen molar-refractivity contribution in [2.24, 2.45) is 0 Å². The topological polar surface area (TPSA) is 38.0 Å². The fourth-order valence-electron chi connectivity index (χ4n) is 1.46. The van der Waals surface area contributed by atoms with E-state index < -0.39 is 0 Å². The molecule has 0 radical (unpaired) electrons. The van der Waals surface area contributed by atoms with Crippen molar-refractivity contribution in [3.8, 4) is 0 Å². The number of aromatic nitrogens is 2. The van der Waals surface area contributed by atoms with Crippen molar-refractivity contribution in [2.75, 3.05) is 0 Å². The lowest BCUT2D eigenvalue weighted by Gasteiger charge is -2.08. The molecule has 3 heteroatoms. The van der Waals surface area contributed by atoms with Crippen LogP contribution in [0.3, 0.4) is 0 Å². The molecule has 0 saturated heterocycles. The zero-order chi connectivity index (χ0) is 10.0. The van der Waals surface area contributed by atoms with Gasteiger partial charge in [-0.15, -0.1) is 0 Å². The molecule has 0 amide bonds. The van der Waals surface area contributed by atoms with Crippen LogP contribution in [-0.2, 0) is 6.54 Å². The van der Waals surface area contributed by atoms with Crippen LogP contribution in [0, 0.1) is 6.92 Å². The second-order valence-corrected chi connectivity index (χ2v) is 3.87. The van der Waals surface area contributed by atoms with Crippen molar-refractivity contribution >= 4 is 0 Å². The third kappa shape index (κ3) is 2.31. The summed E-state index contributed by atoms with van der Waals surface area (Å²) in [5.41, 5.74) is 2.43. The Labute approximate surface area is 79.4 Å². The molecule has 0 aliphatic carbocycles. The Morgan fingerprint density at radius 2 is 2.08 bits per heavy atom. The predicted octanol–water partition coefficient (Wildman–Crippen LogP) is 1.70. The van der Waals surface area contributed by atoms with Gasteiger partial charge in [0.15, 0.2) is 0 Å². The first-order chi connectivity index (χ1) is 6.02. The van der Waals surface area contributed by atoms with Crippen LogP contribution in [0.4, 0.5) is 0 Å². The summed E-state index contributed by atoms with van der Waals surface area (Å²) < 4.78 is 1.86. The molecule has 74 valence electrons. The summed E-state index contributed by atoms with van der Waals surface area (Å²) in [6.45, 7) is 8.70. The lowest BCUT2D eigenvalue weighted by Crippen LogP contribution is -2.14. The van der Waals surface area contributed by atoms with E-state index in [1.165, 1.54) is 5.56 Å². The molecule has 0 aromatic carbocycles. The van der Waals surface area contributed by atoms with Crippen LogP contribution in [0.5, 0.6) is 0 Å². The summed E-state index contributed by atoms with van der Waals surface area (Å²) in [5.74, 6) is 0.503. The van der Waals surface area contributed by atoms with E-state index in [1.54, 1.807) is 6.92 Å². The van der Waals surface area contributed by atoms with E-state index in [-0.39, 0.29) is 6.10 Å². The minimum absolute atomic E-state index is 0.335. The van der Waals surface area contributed by atoms with Crippen molar-refractivity contribution in [3.63, 3.8) is 0 Å². The van der Waals surface area contributed by atoms with Crippen LogP contribution in [0.25, 0.3) is 0 Å². The zero-order valence-corrected chi connectivity index (χ0v) is 8.78. The average Bonchev–Trinajstić information content (AvgIpc) is 2.32. The number of aliphatic hydroxyl groups excluding tert-OH is 1. The Morgan fingerprint density at radius 1 is 1.46 bits per heavy atom. The van der Waals surface area contributed by atoms with Crippen molar-refractivity contribution < 1.29 is 5.11 Å². The summed E-state index contributed by atoms with van der Waals surface area (Å²) in [6, 6.07) is 0. The van der Waals surface area contributed by atoms with Gasteiger partial charge in [-0.05, 0) is 25.3 Å². The SMILES string of the molecule is Cc1c(C(C)C)cnn1C[C@@H](C)O. The number of rotatable bonds is 3. The van der Waals surface area contributed by atoms with Crippen molar-refractivity contribution in [2.45, 2.75) is 46.3 Å². The number of hydrogen-bond acceptors (Lipinski definition) is 2. The maximum Gasteiger partial charge on any atom is 0.0708 e. The van der Waals surface area contributed by atoms with Gasteiger partial charge in [0.05, 0.1) is 18.8 Å². The van der Waals surface area contributed by atoms with Gasteiger partial charge in [-0.3, -0.25) is 4.68 Å². The summed E-state index contributed by atoms with van der Waals surface area (Å²) in [7, 11) is 0. The lowest BCUT2D eigenvalue weighted by atomic mass is 10.1. The van der Waals surface area contributed by atoms with Gasteiger partial charge in [0.2, 0.25) is 0 Å². The zero-order valence-electron chi connectivity index (χ0n) is 8.78. The van der Waals surface area contributed by atoms with Crippen LogP contribution >= 0.6 is 0 Å². The van der Waals surface area contributed by atoms with Gasteiger partial charge in [-0.25, -0.2) is 0 Å². The minimum atomic E-state index is -0.335. The van der Waals surface area contributed by atoms with Crippen LogP contribution in [0.1, 0.15) is 37.9 Å². The number of aliphatic hydroxyl groups is 1. The van der Waals surface area contributed by atoms with E-state index in [2.05, 4.69) is 18.9 Å². The smallest absolute Gasteiger partial charge is 0.0708 e. The molecular weight excluding hydrogens is 164 g/mol. The van der Waals surface area contributed by atoms with E-state index >= 15 is 0 Å². The third-order valence-corrected chi connectivity index (χ3v) is 2.20. The molecule has 13 heavy (non-hydrogen) atoms. The van der Waals surface area contributed by atoms with E-state index in [0.29, 0.717) is 12.5 Å². The summed E-state index contributed by atoms with van der Waals surface area (Å²) >= 11 is 0. The van der Waals surface area contributed by atoms with E-state index in [9.17, 15) is 5.11 Å². The molecule has 1 atom stereocenters. The van der Waals surface area contributed by atoms with E-state index in [1.807, 2.05) is 17.8 Å². The molecule has 0 aliphatic heterocycles. The highest BCUT2D eigenvalue weighted by Gasteiger charge is 2.10. The van der Waals surface area contributed by atoms with Gasteiger partial charge in [0, 0.05) is 5.69 Å². The number of hydrogen-bond donors (Lipinski definition) is 1. The maximum atomic E-state index is 9.22. The molecule has 1 aromatic rings. The largest absolute Gasteiger partial charge is 0.391 e. The predicted molar refractivity (Wildman–Crippen MR) is 52.7 cm³/mol. The van der Waals surface area contributed by atoms with E-state index in [0.717, 1.165) is 5.69 Å². The molecule has 3 nitrogen and oxygen atoms in total. The Kier molecular flexibility index (Phi) is 3.09. The average molecular weight is 182 g/mol. The fraction of sp³-hybridized carbons (Fsp3) is 0.700. The van der Waals surface area contributed by atoms with Gasteiger partial charge in [0.1, 0.15) is 0 Å². The van der Waals surface area contributed by atoms with Crippen LogP contribution in [0.2, 0.25) is 0 Å². The van der Waals surface area contributed by atoms with Crippen LogP contribution in [-0.4, -0.2) is 21.0 Å². The molecule has 0 fully saturated rings. The van der Waals surface area contributed by atoms with E-state index in [4.69, 9.17) is 0 Å². The lowest BCUT2D eigenvalue weighted by molar-refractivity contribution is 0.167. The van der Waals surface area contributed by atoms with Gasteiger partial charge < -0.3 is 5.11 Å². The molecular formula is C10H18N2O. The highest BCUT2D eigenvalue weighted by Crippen LogP contribution is 2.17. The highest BCUT2D eigenvalue weighted by atomic mass is 16.3. The standard InChI is InChI=1S/C10H18N2O/c1-7(2)10-5-11-12(9(10)4)6-8(3)13/h5,7-8,13H,6H2,1-4H3/t8-/m1/s1. The first kappa shape index (κ1) is 10.3. The quantitative estimate of drug-likeness (QED) is 0.772. The maximum absolute atomic E-state index is 9.22. The molecule has 0 saturated carbocycles. The first-order valence-corrected chi connectivity index (χ1v) is 4.72. The van der Waals surface area contributed by atoms with Crippen LogP contribution in [0.15, 0.2) is 6.20 Å². The molecule has 0 aliphatic rings. The Balaban J connectivity index is 2.86. The van der Waals surface area contributed by atoms with Crippen molar-refractivity contribution in [1.82, 2.24) is 9.78 Å². The molecule has 1 N–H and O–H groups in total. The molecule has 0 bridgehead atoms. The Hall–Kier alpha value is -0.830. The second-order valence-electron chi connectivity index (χ2n) is 3.87. The molecule has 0 unspecified atom stereocenters. The number of nitrogens with zero attached hydrogens (tertiary/aromatic N) is 2. The fourth-order valence-corrected chi connectivity index (χ4v) is 1.46. The summed E-state index contributed by atoms with van der Waals surface area (Å²) in [5, 5.41) is 13.5. The van der Waals surface area contributed by atoms with Crippen LogP contribution < -0.4 is 0 Å². The molecule has 1 heterocycles. The van der Waals surface area contributed by atoms with Crippen molar-refractivity contribution in [3.05, 3.63) is 17.5 Å². The van der Waals surface area contributed by atoms with Gasteiger partial charge in [0.25, 0.3) is 0 Å².